The van der Waals surface area contributed by atoms with Crippen molar-refractivity contribution >= 4 is 0 Å². The zero-order chi connectivity index (χ0) is 14.3. The quantitative estimate of drug-likeness (QED) is 0.543. The molecule has 0 unspecified atom stereocenters. The highest BCUT2D eigenvalue weighted by Crippen LogP contribution is 2.22. The van der Waals surface area contributed by atoms with Gasteiger partial charge in [-0.15, -0.1) is 0 Å². The second-order valence-electron chi connectivity index (χ2n) is 4.75. The number of hydrogen-bond donors (Lipinski definition) is 3. The van der Waals surface area contributed by atoms with Gasteiger partial charge in [-0.25, -0.2) is 0 Å². The van der Waals surface area contributed by atoms with E-state index in [0.29, 0.717) is 13.2 Å². The summed E-state index contributed by atoms with van der Waals surface area (Å²) in [6.45, 7) is 5.01. The van der Waals surface area contributed by atoms with E-state index in [1.807, 2.05) is 0 Å². The van der Waals surface area contributed by atoms with Gasteiger partial charge in [-0.3, -0.25) is 0 Å². The van der Waals surface area contributed by atoms with Crippen molar-refractivity contribution in [2.45, 2.75) is 63.8 Å². The van der Waals surface area contributed by atoms with E-state index in [0.717, 1.165) is 19.3 Å². The fourth-order valence-corrected chi connectivity index (χ4v) is 2.01. The van der Waals surface area contributed by atoms with Crippen molar-refractivity contribution in [3.63, 3.8) is 0 Å². The number of aliphatic hydroxyl groups is 3. The Morgan fingerprint density at radius 1 is 1.00 bits per heavy atom. The van der Waals surface area contributed by atoms with E-state index in [4.69, 9.17) is 14.2 Å². The fraction of sp³-hybridized carbons (Fsp3) is 1.00. The van der Waals surface area contributed by atoms with Gasteiger partial charge in [0.25, 0.3) is 0 Å². The van der Waals surface area contributed by atoms with Gasteiger partial charge in [0.1, 0.15) is 24.4 Å². The van der Waals surface area contributed by atoms with Crippen LogP contribution in [0.15, 0.2) is 0 Å². The van der Waals surface area contributed by atoms with E-state index in [1.165, 1.54) is 0 Å². The molecule has 6 heteroatoms. The highest BCUT2D eigenvalue weighted by atomic mass is 16.7. The molecule has 0 aromatic rings. The topological polar surface area (TPSA) is 88.4 Å². The minimum Gasteiger partial charge on any atom is -0.387 e. The van der Waals surface area contributed by atoms with Crippen LogP contribution < -0.4 is 0 Å². The van der Waals surface area contributed by atoms with Gasteiger partial charge in [-0.1, -0.05) is 19.8 Å². The van der Waals surface area contributed by atoms with E-state index in [9.17, 15) is 15.3 Å². The first kappa shape index (κ1) is 16.8. The summed E-state index contributed by atoms with van der Waals surface area (Å²) in [5.41, 5.74) is 0. The predicted molar refractivity (Wildman–Crippen MR) is 68.7 cm³/mol. The maximum Gasteiger partial charge on any atom is 0.186 e. The van der Waals surface area contributed by atoms with Crippen molar-refractivity contribution < 1.29 is 29.5 Å². The largest absolute Gasteiger partial charge is 0.387 e. The lowest BCUT2D eigenvalue weighted by Crippen LogP contribution is -2.59. The van der Waals surface area contributed by atoms with E-state index in [-0.39, 0.29) is 6.61 Å². The Morgan fingerprint density at radius 2 is 1.74 bits per heavy atom. The average Bonchev–Trinajstić information content (AvgIpc) is 2.41. The van der Waals surface area contributed by atoms with Crippen LogP contribution in [0.1, 0.15) is 33.1 Å². The lowest BCUT2D eigenvalue weighted by molar-refractivity contribution is -0.301. The summed E-state index contributed by atoms with van der Waals surface area (Å²) >= 11 is 0. The molecule has 1 rings (SSSR count). The van der Waals surface area contributed by atoms with E-state index >= 15 is 0 Å². The Hall–Kier alpha value is -0.240. The van der Waals surface area contributed by atoms with E-state index in [1.54, 1.807) is 6.92 Å². The first-order valence-corrected chi connectivity index (χ1v) is 7.00. The van der Waals surface area contributed by atoms with Crippen LogP contribution >= 0.6 is 0 Å². The third-order valence-electron chi connectivity index (χ3n) is 3.17. The number of aliphatic hydroxyl groups excluding tert-OH is 3. The van der Waals surface area contributed by atoms with Crippen LogP contribution in [0.5, 0.6) is 0 Å². The second kappa shape index (κ2) is 8.84. The van der Waals surface area contributed by atoms with Crippen LogP contribution in [0.4, 0.5) is 0 Å². The van der Waals surface area contributed by atoms with Gasteiger partial charge < -0.3 is 29.5 Å². The summed E-state index contributed by atoms with van der Waals surface area (Å²) in [5, 5.41) is 29.3. The number of unbranched alkanes of at least 4 members (excludes halogenated alkanes) is 2. The standard InChI is InChI=1S/C13H26O6/c1-3-5-6-7-17-8-9-10(14)11(15)12(16)13(19-9)18-4-2/h9-16H,3-8H2,1-2H3/t9-,10-,11+,12-,13+/m1/s1. The molecule has 1 aliphatic rings. The normalized spacial score (nSPS) is 35.5. The molecule has 1 aliphatic heterocycles. The smallest absolute Gasteiger partial charge is 0.186 e. The van der Waals surface area contributed by atoms with Crippen molar-refractivity contribution in [1.29, 1.82) is 0 Å². The highest BCUT2D eigenvalue weighted by molar-refractivity contribution is 4.89. The third-order valence-corrected chi connectivity index (χ3v) is 3.17. The molecule has 6 nitrogen and oxygen atoms in total. The van der Waals surface area contributed by atoms with Crippen molar-refractivity contribution in [2.75, 3.05) is 19.8 Å². The number of rotatable bonds is 8. The van der Waals surface area contributed by atoms with Gasteiger partial charge >= 0.3 is 0 Å². The minimum atomic E-state index is -1.28. The molecule has 0 saturated carbocycles. The molecule has 0 amide bonds. The minimum absolute atomic E-state index is 0.179. The van der Waals surface area contributed by atoms with Crippen molar-refractivity contribution in [2.24, 2.45) is 0 Å². The van der Waals surface area contributed by atoms with Crippen LogP contribution in [-0.2, 0) is 14.2 Å². The van der Waals surface area contributed by atoms with Gasteiger partial charge in [-0.05, 0) is 13.3 Å². The fourth-order valence-electron chi connectivity index (χ4n) is 2.01. The van der Waals surface area contributed by atoms with Gasteiger partial charge in [-0.2, -0.15) is 0 Å². The Labute approximate surface area is 114 Å². The van der Waals surface area contributed by atoms with Gasteiger partial charge in [0.15, 0.2) is 6.29 Å². The van der Waals surface area contributed by atoms with Crippen LogP contribution in [0.2, 0.25) is 0 Å². The molecule has 0 aromatic heterocycles. The molecule has 1 fully saturated rings. The second-order valence-corrected chi connectivity index (χ2v) is 4.75. The molecule has 114 valence electrons. The van der Waals surface area contributed by atoms with Gasteiger partial charge in [0.05, 0.1) is 6.61 Å². The summed E-state index contributed by atoms with van der Waals surface area (Å²) in [6, 6.07) is 0. The SMILES string of the molecule is CCCCCOC[C@H]1O[C@H](OCC)[C@H](O)[C@@H](O)[C@@H]1O. The summed E-state index contributed by atoms with van der Waals surface area (Å²) in [5.74, 6) is 0. The Kier molecular flexibility index (Phi) is 7.82. The van der Waals surface area contributed by atoms with Crippen LogP contribution in [0, 0.1) is 0 Å². The Balaban J connectivity index is 2.38. The summed E-state index contributed by atoms with van der Waals surface area (Å²) < 4.78 is 16.0. The summed E-state index contributed by atoms with van der Waals surface area (Å²) in [6.07, 6.45) is -2.14. The molecule has 0 radical (unpaired) electrons. The van der Waals surface area contributed by atoms with Crippen LogP contribution in [-0.4, -0.2) is 65.8 Å². The lowest BCUT2D eigenvalue weighted by atomic mass is 9.99. The first-order valence-electron chi connectivity index (χ1n) is 7.00. The molecule has 1 heterocycles. The van der Waals surface area contributed by atoms with E-state index < -0.39 is 30.7 Å². The molecule has 0 bridgehead atoms. The predicted octanol–water partition coefficient (Wildman–Crippen LogP) is 0.0373. The average molecular weight is 278 g/mol. The molecule has 5 atom stereocenters. The van der Waals surface area contributed by atoms with Gasteiger partial charge in [0, 0.05) is 13.2 Å². The number of hydrogen-bond acceptors (Lipinski definition) is 6. The summed E-state index contributed by atoms with van der Waals surface area (Å²) in [4.78, 5) is 0. The first-order chi connectivity index (χ1) is 9.11. The lowest BCUT2D eigenvalue weighted by Gasteiger charge is -2.40. The Bertz CT molecular complexity index is 237. The van der Waals surface area contributed by atoms with Crippen molar-refractivity contribution in [1.82, 2.24) is 0 Å². The maximum absolute atomic E-state index is 9.83. The Morgan fingerprint density at radius 3 is 2.37 bits per heavy atom. The molecule has 0 aromatic carbocycles. The molecule has 0 aliphatic carbocycles. The highest BCUT2D eigenvalue weighted by Gasteiger charge is 2.44. The zero-order valence-electron chi connectivity index (χ0n) is 11.7. The van der Waals surface area contributed by atoms with Crippen LogP contribution in [0.25, 0.3) is 0 Å². The molecule has 1 saturated heterocycles. The molecular formula is C13H26O6. The zero-order valence-corrected chi connectivity index (χ0v) is 11.7. The molecule has 0 spiro atoms. The third kappa shape index (κ3) is 4.98. The van der Waals surface area contributed by atoms with Crippen molar-refractivity contribution in [3.05, 3.63) is 0 Å². The van der Waals surface area contributed by atoms with E-state index in [2.05, 4.69) is 6.92 Å². The monoisotopic (exact) mass is 278 g/mol. The summed E-state index contributed by atoms with van der Waals surface area (Å²) in [7, 11) is 0. The maximum atomic E-state index is 9.83. The van der Waals surface area contributed by atoms with Gasteiger partial charge in [0.2, 0.25) is 0 Å². The van der Waals surface area contributed by atoms with Crippen molar-refractivity contribution in [3.8, 4) is 0 Å². The molecular weight excluding hydrogens is 252 g/mol. The number of ether oxygens (including phenoxy) is 3. The molecule has 3 N–H and O–H groups in total. The van der Waals surface area contributed by atoms with Crippen LogP contribution in [0.3, 0.4) is 0 Å². The molecule has 19 heavy (non-hydrogen) atoms.